The van der Waals surface area contributed by atoms with Crippen molar-refractivity contribution in [1.82, 2.24) is 9.38 Å². The third-order valence-electron chi connectivity index (χ3n) is 3.84. The van der Waals surface area contributed by atoms with Crippen LogP contribution < -0.4 is 16.3 Å². The number of rotatable bonds is 2. The lowest BCUT2D eigenvalue weighted by molar-refractivity contribution is 0.103. The monoisotopic (exact) mass is 397 g/mol. The highest BCUT2D eigenvalue weighted by atomic mass is 35.5. The van der Waals surface area contributed by atoms with E-state index in [0.717, 1.165) is 11.3 Å². The number of H-pyrrole nitrogens is 1. The summed E-state index contributed by atoms with van der Waals surface area (Å²) in [6, 6.07) is 11.8. The van der Waals surface area contributed by atoms with Gasteiger partial charge in [0.15, 0.2) is 3.95 Å². The molecule has 126 valence electrons. The molecule has 0 aliphatic carbocycles. The van der Waals surface area contributed by atoms with Crippen LogP contribution in [0.25, 0.3) is 16.6 Å². The van der Waals surface area contributed by atoms with Gasteiger partial charge in [0.05, 0.1) is 10.9 Å². The molecule has 4 aromatic rings. The topological polar surface area (TPSA) is 66.4 Å². The number of thiazole rings is 1. The maximum absolute atomic E-state index is 12.7. The molecule has 4 rings (SSSR count). The summed E-state index contributed by atoms with van der Waals surface area (Å²) in [6.45, 7) is 0. The van der Waals surface area contributed by atoms with Gasteiger partial charge in [-0.25, -0.2) is 0 Å². The van der Waals surface area contributed by atoms with Crippen molar-refractivity contribution in [3.63, 3.8) is 0 Å². The second kappa shape index (κ2) is 6.39. The molecule has 0 aliphatic rings. The minimum atomic E-state index is -0.378. The molecule has 1 amide bonds. The first-order valence-corrected chi connectivity index (χ1v) is 9.08. The lowest BCUT2D eigenvalue weighted by atomic mass is 9.95. The van der Waals surface area contributed by atoms with Crippen LogP contribution in [0.2, 0.25) is 5.02 Å². The third-order valence-corrected chi connectivity index (χ3v) is 5.45. The number of amides is 1. The molecule has 0 bridgehead atoms. The molecule has 0 saturated heterocycles. The fourth-order valence-corrected chi connectivity index (χ4v) is 4.19. The number of hydrogen-bond acceptors (Lipinski definition) is 4. The number of nitrogens with zero attached hydrogens (tertiary/aromatic N) is 1. The highest BCUT2D eigenvalue weighted by Crippen LogP contribution is 2.24. The Morgan fingerprint density at radius 3 is 2.85 bits per heavy atom. The number of hydrogen-bond donors (Lipinski definition) is 2. The summed E-state index contributed by atoms with van der Waals surface area (Å²) in [5.74, 6) is -0.378. The molecule has 0 unspecified atom stereocenters. The van der Waals surface area contributed by atoms with Crippen LogP contribution in [-0.4, -0.2) is 23.1 Å². The minimum absolute atomic E-state index is 0.311. The molecule has 0 atom stereocenters. The number of carbonyl (C=O) groups excluding carboxylic acids is 1. The average molecular weight is 398 g/mol. The number of aromatic nitrogens is 2. The van der Waals surface area contributed by atoms with E-state index in [1.54, 1.807) is 46.9 Å². The van der Waals surface area contributed by atoms with E-state index in [9.17, 15) is 9.59 Å². The van der Waals surface area contributed by atoms with E-state index < -0.39 is 0 Å². The van der Waals surface area contributed by atoms with Gasteiger partial charge in [0.25, 0.3) is 11.5 Å². The molecule has 2 N–H and O–H groups in total. The zero-order valence-corrected chi connectivity index (χ0v) is 15.5. The second-order valence-electron chi connectivity index (χ2n) is 5.58. The van der Waals surface area contributed by atoms with Crippen LogP contribution in [0.1, 0.15) is 9.67 Å². The number of nitrogens with one attached hydrogen (secondary N) is 2. The van der Waals surface area contributed by atoms with Crippen LogP contribution in [0.5, 0.6) is 0 Å². The molecule has 2 heterocycles. The Kier molecular flexibility index (Phi) is 4.18. The van der Waals surface area contributed by atoms with Crippen LogP contribution in [-0.2, 0) is 0 Å². The van der Waals surface area contributed by atoms with E-state index in [2.05, 4.69) is 10.3 Å². The minimum Gasteiger partial charge on any atom is -0.321 e. The van der Waals surface area contributed by atoms with Gasteiger partial charge in [-0.3, -0.25) is 14.0 Å². The zero-order chi connectivity index (χ0) is 18.4. The first-order chi connectivity index (χ1) is 12.4. The predicted octanol–water partition coefficient (Wildman–Crippen LogP) is 3.27. The Bertz CT molecular complexity index is 1310. The quantitative estimate of drug-likeness (QED) is 0.403. The maximum atomic E-state index is 12.7. The first kappa shape index (κ1) is 17.0. The van der Waals surface area contributed by atoms with Gasteiger partial charge in [-0.05, 0) is 36.5 Å². The SMILES string of the molecule is [B]c1ccc2c(c1)c(=O)[nH]c1c(C(=O)Nc3cccc(Cl)c3)sc(=S)n12. The lowest BCUT2D eigenvalue weighted by Gasteiger charge is -2.06. The van der Waals surface area contributed by atoms with Gasteiger partial charge in [0.1, 0.15) is 18.4 Å². The molecule has 2 radical (unpaired) electrons. The van der Waals surface area contributed by atoms with E-state index in [4.69, 9.17) is 31.7 Å². The van der Waals surface area contributed by atoms with Gasteiger partial charge >= 0.3 is 0 Å². The van der Waals surface area contributed by atoms with Gasteiger partial charge in [-0.2, -0.15) is 0 Å². The summed E-state index contributed by atoms with van der Waals surface area (Å²) >= 11 is 12.5. The summed E-state index contributed by atoms with van der Waals surface area (Å²) in [5.41, 5.74) is 1.64. The number of fused-ring (bicyclic) bond motifs is 3. The van der Waals surface area contributed by atoms with E-state index in [-0.39, 0.29) is 11.5 Å². The van der Waals surface area contributed by atoms with E-state index in [0.29, 0.717) is 41.6 Å². The lowest BCUT2D eigenvalue weighted by Crippen LogP contribution is -2.16. The molecule has 0 spiro atoms. The molecular weight excluding hydrogens is 389 g/mol. The Balaban J connectivity index is 1.90. The Morgan fingerprint density at radius 2 is 2.08 bits per heavy atom. The zero-order valence-electron chi connectivity index (χ0n) is 13.1. The van der Waals surface area contributed by atoms with Gasteiger partial charge < -0.3 is 10.3 Å². The predicted molar refractivity (Wildman–Crippen MR) is 109 cm³/mol. The van der Waals surface area contributed by atoms with Crippen molar-refractivity contribution in [2.75, 3.05) is 5.32 Å². The van der Waals surface area contributed by atoms with E-state index in [1.807, 2.05) is 0 Å². The van der Waals surface area contributed by atoms with Crippen molar-refractivity contribution in [3.05, 3.63) is 66.7 Å². The normalized spacial score (nSPS) is 11.1. The third kappa shape index (κ3) is 2.86. The highest BCUT2D eigenvalue weighted by molar-refractivity contribution is 7.73. The molecule has 0 aliphatic heterocycles. The van der Waals surface area contributed by atoms with Gasteiger partial charge in [0.2, 0.25) is 0 Å². The summed E-state index contributed by atoms with van der Waals surface area (Å²) in [7, 11) is 5.77. The van der Waals surface area contributed by atoms with Crippen molar-refractivity contribution >= 4 is 76.6 Å². The van der Waals surface area contributed by atoms with Crippen LogP contribution in [0.4, 0.5) is 5.69 Å². The number of carbonyl (C=O) groups is 1. The smallest absolute Gasteiger partial charge is 0.269 e. The van der Waals surface area contributed by atoms with E-state index in [1.165, 1.54) is 0 Å². The molecule has 0 saturated carbocycles. The van der Waals surface area contributed by atoms with Crippen molar-refractivity contribution in [3.8, 4) is 0 Å². The number of aromatic amines is 1. The standard InChI is InChI=1S/C17H9BClN3O2S2/c18-8-4-5-12-11(6-8)15(23)21-14-13(26-17(25)22(12)14)16(24)20-10-3-1-2-9(19)7-10/h1-7H,(H,20,24)(H,21,23). The fourth-order valence-electron chi connectivity index (χ4n) is 2.72. The Hall–Kier alpha value is -2.42. The molecule has 2 aromatic carbocycles. The van der Waals surface area contributed by atoms with Crippen LogP contribution in [0, 0.1) is 3.95 Å². The van der Waals surface area contributed by atoms with Crippen LogP contribution >= 0.6 is 35.2 Å². The summed E-state index contributed by atoms with van der Waals surface area (Å²) in [5, 5.41) is 3.69. The summed E-state index contributed by atoms with van der Waals surface area (Å²) < 4.78 is 2.12. The highest BCUT2D eigenvalue weighted by Gasteiger charge is 2.18. The van der Waals surface area contributed by atoms with Crippen molar-refractivity contribution < 1.29 is 4.79 Å². The Labute approximate surface area is 162 Å². The number of halogens is 1. The molecular formula is C17H9BClN3O2S2. The van der Waals surface area contributed by atoms with Crippen molar-refractivity contribution in [1.29, 1.82) is 0 Å². The first-order valence-electron chi connectivity index (χ1n) is 7.48. The molecule has 2 aromatic heterocycles. The van der Waals surface area contributed by atoms with Gasteiger partial charge in [0, 0.05) is 10.7 Å². The van der Waals surface area contributed by atoms with Crippen LogP contribution in [0.15, 0.2) is 47.3 Å². The summed E-state index contributed by atoms with van der Waals surface area (Å²) in [4.78, 5) is 28.2. The fraction of sp³-hybridized carbons (Fsp3) is 0. The molecule has 5 nitrogen and oxygen atoms in total. The van der Waals surface area contributed by atoms with E-state index >= 15 is 0 Å². The van der Waals surface area contributed by atoms with Crippen LogP contribution in [0.3, 0.4) is 0 Å². The molecule has 0 fully saturated rings. The summed E-state index contributed by atoms with van der Waals surface area (Å²) in [6.07, 6.45) is 0. The molecule has 26 heavy (non-hydrogen) atoms. The average Bonchev–Trinajstić information content (AvgIpc) is 2.92. The van der Waals surface area contributed by atoms with Crippen molar-refractivity contribution in [2.24, 2.45) is 0 Å². The second-order valence-corrected chi connectivity index (χ2v) is 7.66. The van der Waals surface area contributed by atoms with Gasteiger partial charge in [-0.1, -0.05) is 46.6 Å². The Morgan fingerprint density at radius 1 is 1.27 bits per heavy atom. The largest absolute Gasteiger partial charge is 0.321 e. The van der Waals surface area contributed by atoms with Crippen molar-refractivity contribution in [2.45, 2.75) is 0 Å². The van der Waals surface area contributed by atoms with Gasteiger partial charge in [-0.15, -0.1) is 0 Å². The maximum Gasteiger partial charge on any atom is 0.269 e. The number of anilines is 1. The molecule has 9 heteroatoms. The number of benzene rings is 2.